The molecule has 0 aliphatic rings. The van der Waals surface area contributed by atoms with E-state index >= 15 is 0 Å². The molecule has 0 unspecified atom stereocenters. The standard InChI is InChI=1S/C19H24/c1-3-5-7-9-11-13-15-17-19-18-16-14-12-10-8-6-4-2/h1,4,6,8H,2,5,7,9-15H2/b8-6-. The van der Waals surface area contributed by atoms with E-state index in [-0.39, 0.29) is 0 Å². The fourth-order valence-electron chi connectivity index (χ4n) is 1.51. The maximum atomic E-state index is 5.19. The van der Waals surface area contributed by atoms with Crippen LogP contribution in [-0.4, -0.2) is 0 Å². The van der Waals surface area contributed by atoms with Gasteiger partial charge < -0.3 is 0 Å². The lowest BCUT2D eigenvalue weighted by atomic mass is 10.1. The fourth-order valence-corrected chi connectivity index (χ4v) is 1.51. The minimum absolute atomic E-state index is 0.902. The molecule has 0 fully saturated rings. The maximum absolute atomic E-state index is 5.19. The van der Waals surface area contributed by atoms with Crippen LogP contribution in [-0.2, 0) is 0 Å². The van der Waals surface area contributed by atoms with Crippen LogP contribution in [0, 0.1) is 36.0 Å². The molecule has 0 bridgehead atoms. The van der Waals surface area contributed by atoms with E-state index in [1.54, 1.807) is 6.08 Å². The molecule has 0 saturated heterocycles. The quantitative estimate of drug-likeness (QED) is 0.312. The van der Waals surface area contributed by atoms with Crippen molar-refractivity contribution in [1.82, 2.24) is 0 Å². The van der Waals surface area contributed by atoms with E-state index in [2.05, 4.69) is 42.3 Å². The lowest BCUT2D eigenvalue weighted by Gasteiger charge is -1.93. The van der Waals surface area contributed by atoms with Crippen molar-refractivity contribution < 1.29 is 0 Å². The average Bonchev–Trinajstić information content (AvgIpc) is 2.43. The van der Waals surface area contributed by atoms with Crippen LogP contribution in [0.15, 0.2) is 24.8 Å². The van der Waals surface area contributed by atoms with Crippen molar-refractivity contribution >= 4 is 0 Å². The molecule has 0 nitrogen and oxygen atoms in total. The molecule has 0 aromatic rings. The largest absolute Gasteiger partial charge is 0.120 e. The van der Waals surface area contributed by atoms with Gasteiger partial charge in [-0.3, -0.25) is 0 Å². The highest BCUT2D eigenvalue weighted by Crippen LogP contribution is 2.03. The lowest BCUT2D eigenvalue weighted by molar-refractivity contribution is 0.661. The number of hydrogen-bond donors (Lipinski definition) is 0. The van der Waals surface area contributed by atoms with Crippen LogP contribution in [0.5, 0.6) is 0 Å². The minimum Gasteiger partial charge on any atom is -0.120 e. The summed E-state index contributed by atoms with van der Waals surface area (Å²) in [7, 11) is 0. The Hall–Kier alpha value is -1.84. The number of hydrogen-bond acceptors (Lipinski definition) is 0. The molecule has 0 N–H and O–H groups in total. The van der Waals surface area contributed by atoms with Gasteiger partial charge >= 0.3 is 0 Å². The molecule has 100 valence electrons. The SMILES string of the molecule is C#CCCCCCCC#CC#CCCC/C=C\C=C. The average molecular weight is 252 g/mol. The molecule has 0 aliphatic heterocycles. The highest BCUT2D eigenvalue weighted by molar-refractivity contribution is 5.25. The molecule has 0 aromatic carbocycles. The van der Waals surface area contributed by atoms with Crippen LogP contribution in [0.3, 0.4) is 0 Å². The predicted octanol–water partition coefficient (Wildman–Crippen LogP) is 4.88. The highest BCUT2D eigenvalue weighted by atomic mass is 13.9. The monoisotopic (exact) mass is 252 g/mol. The Morgan fingerprint density at radius 1 is 0.842 bits per heavy atom. The first-order valence-electron chi connectivity index (χ1n) is 7.08. The third-order valence-electron chi connectivity index (χ3n) is 2.56. The zero-order chi connectivity index (χ0) is 14.0. The van der Waals surface area contributed by atoms with Crippen LogP contribution in [0.25, 0.3) is 0 Å². The summed E-state index contributed by atoms with van der Waals surface area (Å²) in [6.07, 6.45) is 20.7. The first kappa shape index (κ1) is 17.2. The Balaban J connectivity index is 3.37. The van der Waals surface area contributed by atoms with Gasteiger partial charge in [0.2, 0.25) is 0 Å². The van der Waals surface area contributed by atoms with E-state index < -0.39 is 0 Å². The number of rotatable bonds is 9. The summed E-state index contributed by atoms with van der Waals surface area (Å²) in [5, 5.41) is 0. The van der Waals surface area contributed by atoms with Crippen LogP contribution < -0.4 is 0 Å². The van der Waals surface area contributed by atoms with Gasteiger partial charge in [-0.15, -0.1) is 12.3 Å². The second kappa shape index (κ2) is 16.2. The molecule has 0 aromatic heterocycles. The van der Waals surface area contributed by atoms with Gasteiger partial charge in [0, 0.05) is 19.3 Å². The lowest BCUT2D eigenvalue weighted by Crippen LogP contribution is -1.76. The summed E-state index contributed by atoms with van der Waals surface area (Å²) >= 11 is 0. The van der Waals surface area contributed by atoms with E-state index in [9.17, 15) is 0 Å². The first-order chi connectivity index (χ1) is 9.41. The van der Waals surface area contributed by atoms with Gasteiger partial charge in [0.25, 0.3) is 0 Å². The molecule has 0 atom stereocenters. The third-order valence-corrected chi connectivity index (χ3v) is 2.56. The van der Waals surface area contributed by atoms with E-state index in [1.807, 2.05) is 6.08 Å². The van der Waals surface area contributed by atoms with Gasteiger partial charge in [0.15, 0.2) is 0 Å². The molecule has 0 amide bonds. The van der Waals surface area contributed by atoms with Gasteiger partial charge in [0.1, 0.15) is 0 Å². The third kappa shape index (κ3) is 16.2. The maximum Gasteiger partial charge on any atom is 0.0102 e. The van der Waals surface area contributed by atoms with Crippen molar-refractivity contribution in [3.8, 4) is 36.0 Å². The zero-order valence-corrected chi connectivity index (χ0v) is 11.9. The Labute approximate surface area is 119 Å². The van der Waals surface area contributed by atoms with Gasteiger partial charge in [-0.25, -0.2) is 0 Å². The smallest absolute Gasteiger partial charge is 0.0102 e. The highest BCUT2D eigenvalue weighted by Gasteiger charge is 1.86. The molecule has 0 heteroatoms. The van der Waals surface area contributed by atoms with Crippen LogP contribution in [0.2, 0.25) is 0 Å². The molecule has 0 heterocycles. The summed E-state index contributed by atoms with van der Waals surface area (Å²) in [5.41, 5.74) is 0. The molecular weight excluding hydrogens is 228 g/mol. The van der Waals surface area contributed by atoms with E-state index in [0.717, 1.165) is 44.9 Å². The molecule has 0 aliphatic carbocycles. The Morgan fingerprint density at radius 2 is 1.47 bits per heavy atom. The number of allylic oxidation sites excluding steroid dienone is 3. The Morgan fingerprint density at radius 3 is 2.11 bits per heavy atom. The van der Waals surface area contributed by atoms with Crippen molar-refractivity contribution in [3.63, 3.8) is 0 Å². The van der Waals surface area contributed by atoms with Gasteiger partial charge in [-0.05, 0) is 37.5 Å². The second-order valence-corrected chi connectivity index (χ2v) is 4.28. The topological polar surface area (TPSA) is 0 Å². The number of terminal acetylenes is 1. The molecule has 0 rings (SSSR count). The second-order valence-electron chi connectivity index (χ2n) is 4.28. The van der Waals surface area contributed by atoms with Gasteiger partial charge in [-0.2, -0.15) is 0 Å². The van der Waals surface area contributed by atoms with Crippen molar-refractivity contribution in [2.24, 2.45) is 0 Å². The Kier molecular flexibility index (Phi) is 14.6. The van der Waals surface area contributed by atoms with Crippen LogP contribution >= 0.6 is 0 Å². The predicted molar refractivity (Wildman–Crippen MR) is 85.3 cm³/mol. The van der Waals surface area contributed by atoms with E-state index in [0.29, 0.717) is 0 Å². The summed E-state index contributed by atoms with van der Waals surface area (Å²) in [4.78, 5) is 0. The summed E-state index contributed by atoms with van der Waals surface area (Å²) < 4.78 is 0. The molecule has 0 saturated carbocycles. The van der Waals surface area contributed by atoms with Gasteiger partial charge in [-0.1, -0.05) is 49.5 Å². The van der Waals surface area contributed by atoms with E-state index in [4.69, 9.17) is 6.42 Å². The number of unbranched alkanes of at least 4 members (excludes halogenated alkanes) is 7. The molecule has 0 spiro atoms. The normalized spacial score (nSPS) is 9.00. The van der Waals surface area contributed by atoms with Crippen molar-refractivity contribution in [1.29, 1.82) is 0 Å². The summed E-state index contributed by atoms with van der Waals surface area (Å²) in [6.45, 7) is 3.62. The fraction of sp³-hybridized carbons (Fsp3) is 0.474. The van der Waals surface area contributed by atoms with Crippen LogP contribution in [0.1, 0.15) is 57.8 Å². The van der Waals surface area contributed by atoms with Crippen molar-refractivity contribution in [3.05, 3.63) is 24.8 Å². The van der Waals surface area contributed by atoms with Crippen molar-refractivity contribution in [2.45, 2.75) is 57.8 Å². The molecule has 0 radical (unpaired) electrons. The molecule has 19 heavy (non-hydrogen) atoms. The van der Waals surface area contributed by atoms with E-state index in [1.165, 1.54) is 12.8 Å². The summed E-state index contributed by atoms with van der Waals surface area (Å²) in [5.74, 6) is 14.6. The first-order valence-corrected chi connectivity index (χ1v) is 7.08. The summed E-state index contributed by atoms with van der Waals surface area (Å²) in [6, 6.07) is 0. The minimum atomic E-state index is 0.902. The zero-order valence-electron chi connectivity index (χ0n) is 11.9. The van der Waals surface area contributed by atoms with Crippen molar-refractivity contribution in [2.75, 3.05) is 0 Å². The Bertz CT molecular complexity index is 395. The van der Waals surface area contributed by atoms with Crippen LogP contribution in [0.4, 0.5) is 0 Å². The van der Waals surface area contributed by atoms with Gasteiger partial charge in [0.05, 0.1) is 0 Å². The molecular formula is C19H24.